The highest BCUT2D eigenvalue weighted by Crippen LogP contribution is 2.33. The van der Waals surface area contributed by atoms with Crippen LogP contribution < -0.4 is 0 Å². The van der Waals surface area contributed by atoms with E-state index >= 15 is 0 Å². The van der Waals surface area contributed by atoms with Gasteiger partial charge in [-0.3, -0.25) is 10.1 Å². The second-order valence-electron chi connectivity index (χ2n) is 5.29. The second-order valence-corrected chi connectivity index (χ2v) is 7.15. The molecule has 21 heavy (non-hydrogen) atoms. The fraction of sp³-hybridized carbons (Fsp3) is 0.538. The molecule has 0 bridgehead atoms. The molecule has 1 N–H and O–H groups in total. The van der Waals surface area contributed by atoms with E-state index in [1.807, 2.05) is 6.92 Å². The molecule has 0 aromatic heterocycles. The van der Waals surface area contributed by atoms with Gasteiger partial charge in [-0.2, -0.15) is 4.31 Å². The lowest BCUT2D eigenvalue weighted by Crippen LogP contribution is -2.40. The highest BCUT2D eigenvalue weighted by atomic mass is 32.2. The predicted molar refractivity (Wildman–Crippen MR) is 76.4 cm³/mol. The minimum Gasteiger partial charge on any atom is -0.395 e. The number of hydrogen-bond acceptors (Lipinski definition) is 5. The number of benzene rings is 1. The van der Waals surface area contributed by atoms with Gasteiger partial charge >= 0.3 is 0 Å². The largest absolute Gasteiger partial charge is 0.395 e. The van der Waals surface area contributed by atoms with Crippen LogP contribution in [-0.2, 0) is 10.0 Å². The van der Waals surface area contributed by atoms with Gasteiger partial charge in [-0.1, -0.05) is 13.0 Å². The molecule has 2 unspecified atom stereocenters. The number of nitro groups is 1. The number of aliphatic hydroxyl groups excluding tert-OH is 1. The van der Waals surface area contributed by atoms with Crippen molar-refractivity contribution in [2.75, 3.05) is 13.2 Å². The standard InChI is InChI=1S/C13H18N2O5S/c1-9-6-7-14(12(9)8-16)21(19,20)13-5-3-4-11(10(13)2)15(17)18/h3-5,9,12,16H,6-8H2,1-2H3. The average molecular weight is 314 g/mol. The number of hydrogen-bond donors (Lipinski definition) is 1. The molecule has 1 heterocycles. The first-order chi connectivity index (χ1) is 9.80. The summed E-state index contributed by atoms with van der Waals surface area (Å²) in [4.78, 5) is 10.3. The smallest absolute Gasteiger partial charge is 0.273 e. The summed E-state index contributed by atoms with van der Waals surface area (Å²) in [6.07, 6.45) is 0.665. The molecule has 1 saturated heterocycles. The van der Waals surface area contributed by atoms with Crippen molar-refractivity contribution < 1.29 is 18.4 Å². The lowest BCUT2D eigenvalue weighted by molar-refractivity contribution is -0.385. The van der Waals surface area contributed by atoms with E-state index in [-0.39, 0.29) is 28.7 Å². The Hall–Kier alpha value is -1.51. The molecule has 2 rings (SSSR count). The quantitative estimate of drug-likeness (QED) is 0.666. The van der Waals surface area contributed by atoms with Crippen molar-refractivity contribution in [2.45, 2.75) is 31.2 Å². The molecule has 0 spiro atoms. The van der Waals surface area contributed by atoms with Gasteiger partial charge in [0.2, 0.25) is 10.0 Å². The molecule has 2 atom stereocenters. The lowest BCUT2D eigenvalue weighted by atomic mass is 10.0. The summed E-state index contributed by atoms with van der Waals surface area (Å²) in [7, 11) is -3.85. The van der Waals surface area contributed by atoms with Crippen LogP contribution in [0.2, 0.25) is 0 Å². The fourth-order valence-corrected chi connectivity index (χ4v) is 4.72. The van der Waals surface area contributed by atoms with Crippen LogP contribution >= 0.6 is 0 Å². The topological polar surface area (TPSA) is 101 Å². The minimum absolute atomic E-state index is 0.0591. The molecule has 0 amide bonds. The van der Waals surface area contributed by atoms with Gasteiger partial charge in [0, 0.05) is 18.2 Å². The third-order valence-corrected chi connectivity index (χ3v) is 6.13. The van der Waals surface area contributed by atoms with Crippen molar-refractivity contribution >= 4 is 15.7 Å². The van der Waals surface area contributed by atoms with E-state index in [0.717, 1.165) is 0 Å². The van der Waals surface area contributed by atoms with Crippen molar-refractivity contribution in [1.29, 1.82) is 0 Å². The van der Waals surface area contributed by atoms with Crippen molar-refractivity contribution in [3.63, 3.8) is 0 Å². The van der Waals surface area contributed by atoms with Gasteiger partial charge in [0.05, 0.1) is 22.5 Å². The van der Waals surface area contributed by atoms with Crippen LogP contribution in [0.25, 0.3) is 0 Å². The van der Waals surface area contributed by atoms with Gasteiger partial charge in [0.15, 0.2) is 0 Å². The van der Waals surface area contributed by atoms with Crippen LogP contribution in [0.1, 0.15) is 18.9 Å². The fourth-order valence-electron chi connectivity index (χ4n) is 2.75. The molecule has 7 nitrogen and oxygen atoms in total. The van der Waals surface area contributed by atoms with E-state index in [1.54, 1.807) is 0 Å². The maximum absolute atomic E-state index is 12.7. The van der Waals surface area contributed by atoms with Crippen LogP contribution in [0.4, 0.5) is 5.69 Å². The summed E-state index contributed by atoms with van der Waals surface area (Å²) in [6.45, 7) is 3.38. The van der Waals surface area contributed by atoms with Crippen molar-refractivity contribution in [3.8, 4) is 0 Å². The Balaban J connectivity index is 2.50. The first kappa shape index (κ1) is 15.9. The first-order valence-corrected chi connectivity index (χ1v) is 8.11. The predicted octanol–water partition coefficient (Wildman–Crippen LogP) is 1.29. The molecule has 1 aromatic carbocycles. The number of rotatable bonds is 4. The molecular formula is C13H18N2O5S. The number of nitro benzene ring substituents is 1. The highest BCUT2D eigenvalue weighted by Gasteiger charge is 2.40. The molecule has 0 aliphatic carbocycles. The maximum atomic E-state index is 12.7. The molecule has 8 heteroatoms. The summed E-state index contributed by atoms with van der Waals surface area (Å²) in [5.41, 5.74) is -0.0948. The number of sulfonamides is 1. The summed E-state index contributed by atoms with van der Waals surface area (Å²) in [5, 5.41) is 20.4. The van der Waals surface area contributed by atoms with E-state index in [2.05, 4.69) is 0 Å². The van der Waals surface area contributed by atoms with Gasteiger partial charge < -0.3 is 5.11 Å². The summed E-state index contributed by atoms with van der Waals surface area (Å²) in [6, 6.07) is 3.54. The average Bonchev–Trinajstić information content (AvgIpc) is 2.80. The molecule has 1 aliphatic rings. The molecule has 1 fully saturated rings. The van der Waals surface area contributed by atoms with Crippen LogP contribution in [0.5, 0.6) is 0 Å². The first-order valence-electron chi connectivity index (χ1n) is 6.67. The van der Waals surface area contributed by atoms with Gasteiger partial charge in [-0.15, -0.1) is 0 Å². The monoisotopic (exact) mass is 314 g/mol. The Morgan fingerprint density at radius 3 is 2.71 bits per heavy atom. The highest BCUT2D eigenvalue weighted by molar-refractivity contribution is 7.89. The Labute approximate surface area is 123 Å². The Morgan fingerprint density at radius 1 is 1.48 bits per heavy atom. The number of nitrogens with zero attached hydrogens (tertiary/aromatic N) is 2. The molecular weight excluding hydrogens is 296 g/mol. The van der Waals surface area contributed by atoms with Crippen LogP contribution in [0, 0.1) is 23.0 Å². The van der Waals surface area contributed by atoms with Crippen molar-refractivity contribution in [1.82, 2.24) is 4.31 Å². The van der Waals surface area contributed by atoms with Crippen LogP contribution in [-0.4, -0.2) is 41.9 Å². The van der Waals surface area contributed by atoms with Gasteiger partial charge in [0.1, 0.15) is 0 Å². The van der Waals surface area contributed by atoms with Gasteiger partial charge in [-0.25, -0.2) is 8.42 Å². The summed E-state index contributed by atoms with van der Waals surface area (Å²) < 4.78 is 26.7. The van der Waals surface area contributed by atoms with Crippen LogP contribution in [0.3, 0.4) is 0 Å². The summed E-state index contributed by atoms with van der Waals surface area (Å²) >= 11 is 0. The molecule has 0 saturated carbocycles. The van der Waals surface area contributed by atoms with Gasteiger partial charge in [-0.05, 0) is 25.3 Å². The Kier molecular flexibility index (Phi) is 4.31. The molecule has 116 valence electrons. The van der Waals surface area contributed by atoms with E-state index in [1.165, 1.54) is 29.4 Å². The normalized spacial score (nSPS) is 23.4. The molecule has 1 aliphatic heterocycles. The maximum Gasteiger partial charge on any atom is 0.273 e. The van der Waals surface area contributed by atoms with Crippen molar-refractivity contribution in [2.24, 2.45) is 5.92 Å². The third kappa shape index (κ3) is 2.66. The van der Waals surface area contributed by atoms with E-state index in [9.17, 15) is 23.6 Å². The second kappa shape index (κ2) is 5.70. The molecule has 0 radical (unpaired) electrons. The lowest BCUT2D eigenvalue weighted by Gasteiger charge is -2.25. The summed E-state index contributed by atoms with van der Waals surface area (Å²) in [5.74, 6) is 0.0591. The zero-order valence-corrected chi connectivity index (χ0v) is 12.7. The minimum atomic E-state index is -3.85. The zero-order chi connectivity index (χ0) is 15.8. The van der Waals surface area contributed by atoms with E-state index in [0.29, 0.717) is 13.0 Å². The zero-order valence-electron chi connectivity index (χ0n) is 11.9. The van der Waals surface area contributed by atoms with Gasteiger partial charge in [0.25, 0.3) is 5.69 Å². The van der Waals surface area contributed by atoms with Crippen LogP contribution in [0.15, 0.2) is 23.1 Å². The van der Waals surface area contributed by atoms with E-state index < -0.39 is 21.0 Å². The van der Waals surface area contributed by atoms with E-state index in [4.69, 9.17) is 0 Å². The third-order valence-electron chi connectivity index (χ3n) is 4.06. The van der Waals surface area contributed by atoms with Crippen molar-refractivity contribution in [3.05, 3.63) is 33.9 Å². The number of aliphatic hydroxyl groups is 1. The Bertz CT molecular complexity index is 659. The Morgan fingerprint density at radius 2 is 2.14 bits per heavy atom. The molecule has 1 aromatic rings. The SMILES string of the molecule is Cc1c([N+](=O)[O-])cccc1S(=O)(=O)N1CCC(C)C1CO.